The lowest BCUT2D eigenvalue weighted by atomic mass is 10.1. The number of carbonyl (C=O) groups is 1. The summed E-state index contributed by atoms with van der Waals surface area (Å²) in [4.78, 5) is 12.9. The molecule has 0 spiro atoms. The van der Waals surface area contributed by atoms with Gasteiger partial charge in [0.15, 0.2) is 0 Å². The van der Waals surface area contributed by atoms with Gasteiger partial charge in [-0.2, -0.15) is 5.26 Å². The van der Waals surface area contributed by atoms with Gasteiger partial charge in [-0.15, -0.1) is 0 Å². The van der Waals surface area contributed by atoms with Gasteiger partial charge in [0.05, 0.1) is 0 Å². The van der Waals surface area contributed by atoms with Crippen LogP contribution in [-0.4, -0.2) is 16.0 Å². The summed E-state index contributed by atoms with van der Waals surface area (Å²) in [5.41, 5.74) is 1.76. The summed E-state index contributed by atoms with van der Waals surface area (Å²) >= 11 is 6.05. The van der Waals surface area contributed by atoms with Crippen LogP contribution in [0.15, 0.2) is 58.3 Å². The van der Waals surface area contributed by atoms with Crippen molar-refractivity contribution in [2.45, 2.75) is 4.90 Å². The molecule has 0 saturated carbocycles. The smallest absolute Gasteiger partial charge is 0.266 e. The van der Waals surface area contributed by atoms with E-state index in [9.17, 15) is 14.3 Å². The lowest BCUT2D eigenvalue weighted by molar-refractivity contribution is -0.112. The number of rotatable bonds is 3. The molecule has 4 nitrogen and oxygen atoms in total. The van der Waals surface area contributed by atoms with Crippen molar-refractivity contribution in [1.82, 2.24) is 0 Å². The van der Waals surface area contributed by atoms with Crippen LogP contribution < -0.4 is 5.32 Å². The first-order valence-corrected chi connectivity index (χ1v) is 9.44. The Morgan fingerprint density at radius 2 is 2.04 bits per heavy atom. The van der Waals surface area contributed by atoms with Crippen LogP contribution >= 0.6 is 11.6 Å². The summed E-state index contributed by atoms with van der Waals surface area (Å²) in [6, 6.07) is 13.9. The van der Waals surface area contributed by atoms with Crippen LogP contribution in [0.4, 0.5) is 5.69 Å². The molecule has 1 heterocycles. The van der Waals surface area contributed by atoms with Gasteiger partial charge in [-0.05, 0) is 52.8 Å². The van der Waals surface area contributed by atoms with Crippen molar-refractivity contribution in [3.63, 3.8) is 0 Å². The predicted molar refractivity (Wildman–Crippen MR) is 103 cm³/mol. The minimum atomic E-state index is -2.47. The molecule has 1 N–H and O–H groups in total. The molecule has 0 bridgehead atoms. The Bertz CT molecular complexity index is 1080. The molecule has 1 aliphatic heterocycles. The van der Waals surface area contributed by atoms with E-state index in [1.165, 1.54) is 6.08 Å². The third-order valence-corrected chi connectivity index (χ3v) is 5.70. The van der Waals surface area contributed by atoms with E-state index in [4.69, 9.17) is 11.6 Å². The van der Waals surface area contributed by atoms with Gasteiger partial charge in [-0.3, -0.25) is 9.00 Å². The standard InChI is InChI=1S/C19H13ClN2O2S/c1-25(24)9-8-13-6-7-16(11-18(13)25)22-19(23)15(12-21)10-14-4-2-3-5-17(14)20/h2-11H,1H2,(H,22,23). The van der Waals surface area contributed by atoms with Crippen LogP contribution in [0.2, 0.25) is 5.02 Å². The van der Waals surface area contributed by atoms with Gasteiger partial charge < -0.3 is 5.32 Å². The highest BCUT2D eigenvalue weighted by atomic mass is 35.5. The van der Waals surface area contributed by atoms with E-state index in [0.29, 0.717) is 21.2 Å². The summed E-state index contributed by atoms with van der Waals surface area (Å²) in [5.74, 6) is 3.13. The molecular weight excluding hydrogens is 356 g/mol. The van der Waals surface area contributed by atoms with Crippen molar-refractivity contribution >= 4 is 50.7 Å². The van der Waals surface area contributed by atoms with Crippen molar-refractivity contribution in [1.29, 1.82) is 5.26 Å². The summed E-state index contributed by atoms with van der Waals surface area (Å²) in [7, 11) is -2.47. The molecule has 0 fully saturated rings. The third kappa shape index (κ3) is 3.50. The molecule has 1 atom stereocenters. The van der Waals surface area contributed by atoms with E-state index in [-0.39, 0.29) is 5.57 Å². The number of anilines is 1. The van der Waals surface area contributed by atoms with Gasteiger partial charge in [0, 0.05) is 25.1 Å². The zero-order valence-electron chi connectivity index (χ0n) is 13.0. The molecule has 3 rings (SSSR count). The summed E-state index contributed by atoms with van der Waals surface area (Å²) in [6.45, 7) is 0. The minimum absolute atomic E-state index is 0.0814. The lowest BCUT2D eigenvalue weighted by Gasteiger charge is -2.08. The van der Waals surface area contributed by atoms with Crippen molar-refractivity contribution in [2.75, 3.05) is 5.32 Å². The van der Waals surface area contributed by atoms with E-state index in [1.54, 1.807) is 53.9 Å². The lowest BCUT2D eigenvalue weighted by Crippen LogP contribution is -2.13. The highest BCUT2D eigenvalue weighted by Crippen LogP contribution is 2.29. The van der Waals surface area contributed by atoms with Gasteiger partial charge in [0.25, 0.3) is 5.91 Å². The zero-order chi connectivity index (χ0) is 18.0. The van der Waals surface area contributed by atoms with E-state index >= 15 is 0 Å². The molecule has 2 aromatic carbocycles. The molecular formula is C19H13ClN2O2S. The van der Waals surface area contributed by atoms with Crippen molar-refractivity contribution in [2.24, 2.45) is 0 Å². The Balaban J connectivity index is 1.88. The second-order valence-electron chi connectivity index (χ2n) is 5.43. The molecule has 0 radical (unpaired) electrons. The fraction of sp³-hybridized carbons (Fsp3) is 0. The molecule has 0 saturated heterocycles. The molecule has 25 heavy (non-hydrogen) atoms. The summed E-state index contributed by atoms with van der Waals surface area (Å²) < 4.78 is 12.3. The molecule has 124 valence electrons. The van der Waals surface area contributed by atoms with Crippen LogP contribution in [0.3, 0.4) is 0 Å². The van der Waals surface area contributed by atoms with Crippen LogP contribution in [0.1, 0.15) is 11.1 Å². The Labute approximate surface area is 151 Å². The number of carbonyl (C=O) groups excluding carboxylic acids is 1. The van der Waals surface area contributed by atoms with E-state index in [2.05, 4.69) is 11.2 Å². The minimum Gasteiger partial charge on any atom is -0.321 e. The Kier molecular flexibility index (Phi) is 4.49. The number of benzene rings is 2. The fourth-order valence-electron chi connectivity index (χ4n) is 2.40. The second kappa shape index (κ2) is 6.60. The van der Waals surface area contributed by atoms with Gasteiger partial charge in [-0.25, -0.2) is 0 Å². The van der Waals surface area contributed by atoms with Crippen molar-refractivity contribution in [3.8, 4) is 6.07 Å². The van der Waals surface area contributed by atoms with E-state index in [0.717, 1.165) is 5.56 Å². The number of nitrogens with zero attached hydrogens (tertiary/aromatic N) is 1. The number of amides is 1. The number of nitrogens with one attached hydrogen (secondary N) is 1. The third-order valence-electron chi connectivity index (χ3n) is 3.68. The Morgan fingerprint density at radius 3 is 2.76 bits per heavy atom. The maximum absolute atomic E-state index is 12.4. The summed E-state index contributed by atoms with van der Waals surface area (Å²) in [5, 5.41) is 13.9. The number of hydrogen-bond acceptors (Lipinski definition) is 3. The van der Waals surface area contributed by atoms with Crippen LogP contribution in [0.5, 0.6) is 0 Å². The number of nitriles is 1. The number of fused-ring (bicyclic) bond motifs is 1. The fourth-order valence-corrected chi connectivity index (χ4v) is 3.97. The molecule has 6 heteroatoms. The largest absolute Gasteiger partial charge is 0.321 e. The maximum atomic E-state index is 12.4. The topological polar surface area (TPSA) is 70.0 Å². The molecule has 0 aromatic heterocycles. The van der Waals surface area contributed by atoms with E-state index < -0.39 is 15.4 Å². The Hall–Kier alpha value is -2.81. The van der Waals surface area contributed by atoms with Crippen LogP contribution in [-0.2, 0) is 14.3 Å². The van der Waals surface area contributed by atoms with Crippen LogP contribution in [0.25, 0.3) is 12.2 Å². The molecule has 1 aliphatic rings. The van der Waals surface area contributed by atoms with Gasteiger partial charge in [0.1, 0.15) is 11.6 Å². The Morgan fingerprint density at radius 1 is 1.28 bits per heavy atom. The molecule has 1 amide bonds. The molecule has 1 unspecified atom stereocenters. The first-order valence-electron chi connectivity index (χ1n) is 7.28. The van der Waals surface area contributed by atoms with Crippen molar-refractivity contribution in [3.05, 3.63) is 69.6 Å². The summed E-state index contributed by atoms with van der Waals surface area (Å²) in [6.07, 6.45) is 3.17. The first-order chi connectivity index (χ1) is 11.9. The highest BCUT2D eigenvalue weighted by Gasteiger charge is 2.17. The number of hydrogen-bond donors (Lipinski definition) is 1. The van der Waals surface area contributed by atoms with Gasteiger partial charge in [-0.1, -0.05) is 35.9 Å². The SMILES string of the molecule is C=S1(=O)C=Cc2ccc(NC(=O)C(C#N)=Cc3ccccc3Cl)cc21. The maximum Gasteiger partial charge on any atom is 0.266 e. The average molecular weight is 369 g/mol. The predicted octanol–water partition coefficient (Wildman–Crippen LogP) is 3.95. The monoisotopic (exact) mass is 368 g/mol. The van der Waals surface area contributed by atoms with Gasteiger partial charge >= 0.3 is 0 Å². The zero-order valence-corrected chi connectivity index (χ0v) is 14.6. The average Bonchev–Trinajstić information content (AvgIpc) is 2.89. The number of halogens is 1. The van der Waals surface area contributed by atoms with Crippen LogP contribution in [0, 0.1) is 11.3 Å². The highest BCUT2D eigenvalue weighted by molar-refractivity contribution is 8.03. The molecule has 2 aromatic rings. The second-order valence-corrected chi connectivity index (χ2v) is 8.00. The quantitative estimate of drug-likeness (QED) is 0.506. The van der Waals surface area contributed by atoms with Crippen molar-refractivity contribution < 1.29 is 9.00 Å². The van der Waals surface area contributed by atoms with Gasteiger partial charge in [0.2, 0.25) is 0 Å². The van der Waals surface area contributed by atoms with E-state index in [1.807, 2.05) is 6.07 Å². The normalized spacial score (nSPS) is 18.5. The first kappa shape index (κ1) is 17.0. The molecule has 0 aliphatic carbocycles.